The van der Waals surface area contributed by atoms with Crippen LogP contribution < -0.4 is 10.2 Å². The van der Waals surface area contributed by atoms with Crippen molar-refractivity contribution in [2.75, 3.05) is 32.1 Å². The molecule has 0 spiro atoms. The molecule has 1 aliphatic heterocycles. The summed E-state index contributed by atoms with van der Waals surface area (Å²) < 4.78 is 26.1. The Morgan fingerprint density at radius 3 is 2.23 bits per heavy atom. The number of hydrogen-bond donors (Lipinski definition) is 1. The van der Waals surface area contributed by atoms with Crippen molar-refractivity contribution in [3.8, 4) is 0 Å². The van der Waals surface area contributed by atoms with Gasteiger partial charge in [-0.3, -0.25) is 4.79 Å². The maximum Gasteiger partial charge on any atom is 0.253 e. The molecule has 3 rings (SSSR count). The minimum Gasteiger partial charge on any atom is -0.372 e. The molecular weight excluding hydrogens is 457 g/mol. The number of nitrogens with one attached hydrogen (secondary N) is 1. The van der Waals surface area contributed by atoms with E-state index in [-0.39, 0.29) is 26.5 Å². The van der Waals surface area contributed by atoms with E-state index < -0.39 is 15.9 Å². The van der Waals surface area contributed by atoms with E-state index >= 15 is 0 Å². The summed E-state index contributed by atoms with van der Waals surface area (Å²) in [6, 6.07) is 10.4. The molecular formula is C22H27Cl2N3O3S. The summed E-state index contributed by atoms with van der Waals surface area (Å²) in [5, 5.41) is 2.95. The van der Waals surface area contributed by atoms with Gasteiger partial charge in [-0.05, 0) is 56.0 Å². The molecule has 1 aliphatic rings. The van der Waals surface area contributed by atoms with E-state index in [1.807, 2.05) is 19.1 Å². The Labute approximate surface area is 194 Å². The zero-order valence-electron chi connectivity index (χ0n) is 17.9. The van der Waals surface area contributed by atoms with Crippen LogP contribution in [0.1, 0.15) is 48.1 Å². The number of piperidine rings is 1. The van der Waals surface area contributed by atoms with Gasteiger partial charge in [0, 0.05) is 32.9 Å². The van der Waals surface area contributed by atoms with E-state index in [4.69, 9.17) is 23.2 Å². The van der Waals surface area contributed by atoms with Gasteiger partial charge in [0.25, 0.3) is 5.91 Å². The van der Waals surface area contributed by atoms with Gasteiger partial charge in [-0.2, -0.15) is 0 Å². The lowest BCUT2D eigenvalue weighted by Gasteiger charge is -2.29. The summed E-state index contributed by atoms with van der Waals surface area (Å²) in [5.74, 6) is -0.468. The molecule has 0 saturated carbocycles. The monoisotopic (exact) mass is 483 g/mol. The van der Waals surface area contributed by atoms with Gasteiger partial charge in [-0.1, -0.05) is 35.3 Å². The van der Waals surface area contributed by atoms with E-state index in [0.29, 0.717) is 0 Å². The lowest BCUT2D eigenvalue weighted by Crippen LogP contribution is -2.29. The topological polar surface area (TPSA) is 69.7 Å². The first-order valence-corrected chi connectivity index (χ1v) is 12.4. The molecule has 2 aromatic carbocycles. The predicted octanol–water partition coefficient (Wildman–Crippen LogP) is 4.73. The first-order valence-electron chi connectivity index (χ1n) is 10.2. The summed E-state index contributed by atoms with van der Waals surface area (Å²) in [4.78, 5) is 15.1. The van der Waals surface area contributed by atoms with Crippen LogP contribution in [0.3, 0.4) is 0 Å². The van der Waals surface area contributed by atoms with Crippen LogP contribution in [-0.2, 0) is 10.0 Å². The predicted molar refractivity (Wildman–Crippen MR) is 126 cm³/mol. The maximum atomic E-state index is 12.9. The third kappa shape index (κ3) is 5.34. The first kappa shape index (κ1) is 23.9. The van der Waals surface area contributed by atoms with Crippen molar-refractivity contribution < 1.29 is 13.2 Å². The van der Waals surface area contributed by atoms with E-state index in [1.165, 1.54) is 51.2 Å². The van der Waals surface area contributed by atoms with Gasteiger partial charge in [0.15, 0.2) is 0 Å². The fourth-order valence-corrected chi connectivity index (χ4v) is 5.31. The highest BCUT2D eigenvalue weighted by molar-refractivity contribution is 7.89. The van der Waals surface area contributed by atoms with Crippen LogP contribution in [0.5, 0.6) is 0 Å². The van der Waals surface area contributed by atoms with Crippen molar-refractivity contribution in [3.63, 3.8) is 0 Å². The lowest BCUT2D eigenvalue weighted by atomic mass is 10.1. The summed E-state index contributed by atoms with van der Waals surface area (Å²) in [5.41, 5.74) is 2.19. The average Bonchev–Trinajstić information content (AvgIpc) is 2.74. The number of halogens is 2. The smallest absolute Gasteiger partial charge is 0.253 e. The average molecular weight is 484 g/mol. The Kier molecular flexibility index (Phi) is 7.52. The minimum atomic E-state index is -3.82. The zero-order valence-corrected chi connectivity index (χ0v) is 20.2. The van der Waals surface area contributed by atoms with Crippen LogP contribution in [0.15, 0.2) is 41.3 Å². The number of benzene rings is 2. The molecule has 1 fully saturated rings. The molecule has 1 amide bonds. The first-order chi connectivity index (χ1) is 14.6. The van der Waals surface area contributed by atoms with Crippen molar-refractivity contribution in [2.24, 2.45) is 0 Å². The summed E-state index contributed by atoms with van der Waals surface area (Å²) >= 11 is 12.3. The molecule has 0 aliphatic carbocycles. The fraction of sp³-hybridized carbons (Fsp3) is 0.409. The van der Waals surface area contributed by atoms with Crippen molar-refractivity contribution in [1.82, 2.24) is 9.62 Å². The van der Waals surface area contributed by atoms with E-state index in [1.54, 1.807) is 0 Å². The molecule has 6 nitrogen and oxygen atoms in total. The molecule has 168 valence electrons. The highest BCUT2D eigenvalue weighted by atomic mass is 35.5. The number of amides is 1. The van der Waals surface area contributed by atoms with Crippen LogP contribution in [0.4, 0.5) is 5.69 Å². The molecule has 2 aromatic rings. The van der Waals surface area contributed by atoms with Gasteiger partial charge < -0.3 is 10.2 Å². The van der Waals surface area contributed by atoms with Crippen LogP contribution in [0.2, 0.25) is 10.0 Å². The highest BCUT2D eigenvalue weighted by Gasteiger charge is 2.25. The number of anilines is 1. The van der Waals surface area contributed by atoms with Crippen molar-refractivity contribution >= 4 is 44.8 Å². The highest BCUT2D eigenvalue weighted by Crippen LogP contribution is 2.30. The van der Waals surface area contributed by atoms with Gasteiger partial charge in [-0.25, -0.2) is 12.7 Å². The number of carbonyl (C=O) groups excluding carboxylic acids is 1. The maximum absolute atomic E-state index is 12.9. The van der Waals surface area contributed by atoms with Gasteiger partial charge in [-0.15, -0.1) is 0 Å². The molecule has 0 aromatic heterocycles. The second-order valence-electron chi connectivity index (χ2n) is 7.88. The molecule has 0 bridgehead atoms. The fourth-order valence-electron chi connectivity index (χ4n) is 3.58. The molecule has 0 unspecified atom stereocenters. The van der Waals surface area contributed by atoms with Crippen molar-refractivity contribution in [1.29, 1.82) is 0 Å². The Morgan fingerprint density at radius 1 is 1.03 bits per heavy atom. The molecule has 1 atom stereocenters. The van der Waals surface area contributed by atoms with Crippen LogP contribution >= 0.6 is 23.2 Å². The quantitative estimate of drug-likeness (QED) is 0.644. The second kappa shape index (κ2) is 9.77. The Morgan fingerprint density at radius 2 is 1.65 bits per heavy atom. The molecule has 9 heteroatoms. The molecule has 1 heterocycles. The van der Waals surface area contributed by atoms with Gasteiger partial charge in [0.2, 0.25) is 10.0 Å². The van der Waals surface area contributed by atoms with Crippen LogP contribution in [0, 0.1) is 0 Å². The Hall–Kier alpha value is -1.80. The van der Waals surface area contributed by atoms with E-state index in [9.17, 15) is 13.2 Å². The normalized spacial score (nSPS) is 15.7. The Balaban J connectivity index is 1.78. The molecule has 31 heavy (non-hydrogen) atoms. The minimum absolute atomic E-state index is 0.0309. The SMILES string of the molecule is C[C@H](NC(=O)c1cc(S(=O)(=O)N(C)C)c(Cl)cc1Cl)c1ccc(N2CCCCC2)cc1. The Bertz CT molecular complexity index is 1050. The molecule has 1 N–H and O–H groups in total. The van der Waals surface area contributed by atoms with Crippen LogP contribution in [-0.4, -0.2) is 45.8 Å². The number of rotatable bonds is 6. The standard InChI is InChI=1S/C22H27Cl2N3O3S/c1-15(16-7-9-17(10-8-16)27-11-5-4-6-12-27)25-22(28)18-13-21(20(24)14-19(18)23)31(29,30)26(2)3/h7-10,13-15H,4-6,11-12H2,1-3H3,(H,25,28)/t15-/m0/s1. The molecule has 0 radical (unpaired) electrons. The number of hydrogen-bond acceptors (Lipinski definition) is 4. The van der Waals surface area contributed by atoms with Crippen molar-refractivity contribution in [2.45, 2.75) is 37.1 Å². The van der Waals surface area contributed by atoms with Crippen LogP contribution in [0.25, 0.3) is 0 Å². The zero-order chi connectivity index (χ0) is 22.8. The van der Waals surface area contributed by atoms with Gasteiger partial charge >= 0.3 is 0 Å². The third-order valence-corrected chi connectivity index (χ3v) is 8.08. The number of carbonyl (C=O) groups is 1. The van der Waals surface area contributed by atoms with Gasteiger partial charge in [0.05, 0.1) is 21.7 Å². The number of sulfonamides is 1. The van der Waals surface area contributed by atoms with Crippen molar-refractivity contribution in [3.05, 3.63) is 57.6 Å². The molecule has 1 saturated heterocycles. The van der Waals surface area contributed by atoms with E-state index in [2.05, 4.69) is 22.3 Å². The summed E-state index contributed by atoms with van der Waals surface area (Å²) in [6.07, 6.45) is 3.70. The second-order valence-corrected chi connectivity index (χ2v) is 10.8. The van der Waals surface area contributed by atoms with Gasteiger partial charge in [0.1, 0.15) is 4.90 Å². The summed E-state index contributed by atoms with van der Waals surface area (Å²) in [6.45, 7) is 4.01. The lowest BCUT2D eigenvalue weighted by molar-refractivity contribution is 0.0940. The summed E-state index contributed by atoms with van der Waals surface area (Å²) in [7, 11) is -1.02. The van der Waals surface area contributed by atoms with E-state index in [0.717, 1.165) is 23.0 Å². The number of nitrogens with zero attached hydrogens (tertiary/aromatic N) is 2. The third-order valence-electron chi connectivity index (χ3n) is 5.49. The largest absolute Gasteiger partial charge is 0.372 e.